The summed E-state index contributed by atoms with van der Waals surface area (Å²) in [5.74, 6) is 0.501. The van der Waals surface area contributed by atoms with Crippen molar-refractivity contribution in [2.24, 2.45) is 0 Å². The van der Waals surface area contributed by atoms with Crippen molar-refractivity contribution in [3.63, 3.8) is 0 Å². The quantitative estimate of drug-likeness (QED) is 0.680. The molecule has 0 spiro atoms. The summed E-state index contributed by atoms with van der Waals surface area (Å²) in [7, 11) is 0. The van der Waals surface area contributed by atoms with Crippen molar-refractivity contribution in [1.29, 1.82) is 0 Å². The van der Waals surface area contributed by atoms with Gasteiger partial charge in [0.1, 0.15) is 11.6 Å². The Hall–Kier alpha value is -1.05. The lowest BCUT2D eigenvalue weighted by atomic mass is 10.1. The normalized spacial score (nSPS) is 18.1. The van der Waals surface area contributed by atoms with Gasteiger partial charge in [0.25, 0.3) is 0 Å². The molecule has 2 rings (SSSR count). The van der Waals surface area contributed by atoms with Crippen LogP contribution in [0.1, 0.15) is 44.1 Å². The highest BCUT2D eigenvalue weighted by atomic mass is 19.1. The van der Waals surface area contributed by atoms with E-state index < -0.39 is 0 Å². The molecule has 0 heterocycles. The molecule has 0 aromatic heterocycles. The molecular formula is C14H19FO. The van der Waals surface area contributed by atoms with Gasteiger partial charge >= 0.3 is 0 Å². The monoisotopic (exact) mass is 222 g/mol. The summed E-state index contributed by atoms with van der Waals surface area (Å²) in [6.07, 6.45) is 7.58. The van der Waals surface area contributed by atoms with E-state index in [-0.39, 0.29) is 11.9 Å². The predicted molar refractivity (Wildman–Crippen MR) is 63.3 cm³/mol. The molecule has 0 radical (unpaired) electrons. The summed E-state index contributed by atoms with van der Waals surface area (Å²) in [6, 6.07) is 5.14. The van der Waals surface area contributed by atoms with E-state index in [1.165, 1.54) is 31.7 Å². The Morgan fingerprint density at radius 3 is 2.44 bits per heavy atom. The van der Waals surface area contributed by atoms with E-state index in [1.54, 1.807) is 13.0 Å². The highest BCUT2D eigenvalue weighted by Crippen LogP contribution is 2.23. The van der Waals surface area contributed by atoms with Crippen LogP contribution in [0.25, 0.3) is 0 Å². The minimum atomic E-state index is -0.175. The summed E-state index contributed by atoms with van der Waals surface area (Å²) in [4.78, 5) is 0. The van der Waals surface area contributed by atoms with Gasteiger partial charge in [0, 0.05) is 6.07 Å². The molecule has 16 heavy (non-hydrogen) atoms. The van der Waals surface area contributed by atoms with Gasteiger partial charge in [-0.25, -0.2) is 4.39 Å². The van der Waals surface area contributed by atoms with Crippen LogP contribution in [0.4, 0.5) is 4.39 Å². The van der Waals surface area contributed by atoms with Gasteiger partial charge in [0.2, 0.25) is 0 Å². The predicted octanol–water partition coefficient (Wildman–Crippen LogP) is 4.24. The fourth-order valence-corrected chi connectivity index (χ4v) is 2.20. The summed E-state index contributed by atoms with van der Waals surface area (Å²) in [5.41, 5.74) is 0.674. The standard InChI is InChI=1S/C14H19FO/c1-11-8-9-13(10-14(11)15)16-12-6-4-2-3-5-7-12/h8-10,12H,2-7H2,1H3. The first-order valence-corrected chi connectivity index (χ1v) is 6.18. The van der Waals surface area contributed by atoms with Crippen LogP contribution in [0, 0.1) is 12.7 Å². The summed E-state index contributed by atoms with van der Waals surface area (Å²) in [6.45, 7) is 1.77. The molecule has 1 nitrogen and oxygen atoms in total. The number of hydrogen-bond donors (Lipinski definition) is 0. The maximum Gasteiger partial charge on any atom is 0.129 e. The number of benzene rings is 1. The zero-order chi connectivity index (χ0) is 11.4. The smallest absolute Gasteiger partial charge is 0.129 e. The molecule has 0 atom stereocenters. The topological polar surface area (TPSA) is 9.23 Å². The highest BCUT2D eigenvalue weighted by molar-refractivity contribution is 5.28. The average molecular weight is 222 g/mol. The molecule has 0 bridgehead atoms. The van der Waals surface area contributed by atoms with Crippen LogP contribution >= 0.6 is 0 Å². The Morgan fingerprint density at radius 2 is 1.81 bits per heavy atom. The van der Waals surface area contributed by atoms with Crippen LogP contribution in [-0.4, -0.2) is 6.10 Å². The maximum atomic E-state index is 13.3. The largest absolute Gasteiger partial charge is 0.490 e. The van der Waals surface area contributed by atoms with Crippen LogP contribution in [0.5, 0.6) is 5.75 Å². The van der Waals surface area contributed by atoms with E-state index in [1.807, 2.05) is 6.07 Å². The SMILES string of the molecule is Cc1ccc(OC2CCCCCC2)cc1F. The molecule has 0 N–H and O–H groups in total. The van der Waals surface area contributed by atoms with E-state index in [4.69, 9.17) is 4.74 Å². The number of hydrogen-bond acceptors (Lipinski definition) is 1. The van der Waals surface area contributed by atoms with E-state index >= 15 is 0 Å². The van der Waals surface area contributed by atoms with Gasteiger partial charge in [-0.05, 0) is 44.2 Å². The first kappa shape index (κ1) is 11.4. The second-order valence-corrected chi connectivity index (χ2v) is 4.64. The Bertz CT molecular complexity index is 341. The number of rotatable bonds is 2. The molecule has 0 unspecified atom stereocenters. The van der Waals surface area contributed by atoms with Gasteiger partial charge in [0.05, 0.1) is 6.10 Å². The Morgan fingerprint density at radius 1 is 1.12 bits per heavy atom. The molecule has 1 aliphatic carbocycles. The summed E-state index contributed by atoms with van der Waals surface area (Å²) < 4.78 is 19.2. The Kier molecular flexibility index (Phi) is 3.81. The van der Waals surface area contributed by atoms with Crippen molar-refractivity contribution in [2.75, 3.05) is 0 Å². The third-order valence-corrected chi connectivity index (χ3v) is 3.25. The fraction of sp³-hybridized carbons (Fsp3) is 0.571. The second kappa shape index (κ2) is 5.33. The Balaban J connectivity index is 1.99. The lowest BCUT2D eigenvalue weighted by molar-refractivity contribution is 0.183. The molecule has 1 aromatic rings. The number of aryl methyl sites for hydroxylation is 1. The molecular weight excluding hydrogens is 203 g/mol. The van der Waals surface area contributed by atoms with Gasteiger partial charge in [-0.3, -0.25) is 0 Å². The zero-order valence-electron chi connectivity index (χ0n) is 9.84. The minimum Gasteiger partial charge on any atom is -0.490 e. The summed E-state index contributed by atoms with van der Waals surface area (Å²) >= 11 is 0. The van der Waals surface area contributed by atoms with E-state index in [2.05, 4.69) is 0 Å². The number of halogens is 1. The molecule has 88 valence electrons. The lowest BCUT2D eigenvalue weighted by Crippen LogP contribution is -2.15. The minimum absolute atomic E-state index is 0.175. The van der Waals surface area contributed by atoms with Gasteiger partial charge < -0.3 is 4.74 Å². The van der Waals surface area contributed by atoms with Crippen molar-refractivity contribution in [3.05, 3.63) is 29.6 Å². The van der Waals surface area contributed by atoms with Crippen LogP contribution in [0.3, 0.4) is 0 Å². The molecule has 0 aliphatic heterocycles. The van der Waals surface area contributed by atoms with E-state index in [0.717, 1.165) is 12.8 Å². The zero-order valence-corrected chi connectivity index (χ0v) is 9.84. The van der Waals surface area contributed by atoms with E-state index in [9.17, 15) is 4.39 Å². The molecule has 1 aliphatic rings. The number of ether oxygens (including phenoxy) is 1. The molecule has 1 aromatic carbocycles. The van der Waals surface area contributed by atoms with Crippen molar-refractivity contribution < 1.29 is 9.13 Å². The lowest BCUT2D eigenvalue weighted by Gasteiger charge is -2.17. The van der Waals surface area contributed by atoms with Crippen molar-refractivity contribution in [2.45, 2.75) is 51.6 Å². The van der Waals surface area contributed by atoms with Gasteiger partial charge in [0.15, 0.2) is 0 Å². The van der Waals surface area contributed by atoms with Gasteiger partial charge in [-0.15, -0.1) is 0 Å². The fourth-order valence-electron chi connectivity index (χ4n) is 2.20. The average Bonchev–Trinajstić information content (AvgIpc) is 2.52. The third-order valence-electron chi connectivity index (χ3n) is 3.25. The molecule has 2 heteroatoms. The van der Waals surface area contributed by atoms with Crippen molar-refractivity contribution >= 4 is 0 Å². The van der Waals surface area contributed by atoms with Gasteiger partial charge in [-0.1, -0.05) is 18.9 Å². The Labute approximate surface area is 96.6 Å². The third kappa shape index (κ3) is 2.97. The van der Waals surface area contributed by atoms with Crippen LogP contribution < -0.4 is 4.74 Å². The first-order valence-electron chi connectivity index (χ1n) is 6.18. The van der Waals surface area contributed by atoms with Crippen molar-refractivity contribution in [1.82, 2.24) is 0 Å². The maximum absolute atomic E-state index is 13.3. The van der Waals surface area contributed by atoms with Crippen LogP contribution in [0.15, 0.2) is 18.2 Å². The highest BCUT2D eigenvalue weighted by Gasteiger charge is 2.14. The van der Waals surface area contributed by atoms with E-state index in [0.29, 0.717) is 11.3 Å². The molecule has 0 saturated heterocycles. The molecule has 1 saturated carbocycles. The van der Waals surface area contributed by atoms with Gasteiger partial charge in [-0.2, -0.15) is 0 Å². The second-order valence-electron chi connectivity index (χ2n) is 4.64. The molecule has 1 fully saturated rings. The van der Waals surface area contributed by atoms with Crippen molar-refractivity contribution in [3.8, 4) is 5.75 Å². The van der Waals surface area contributed by atoms with Crippen LogP contribution in [0.2, 0.25) is 0 Å². The summed E-state index contributed by atoms with van der Waals surface area (Å²) in [5, 5.41) is 0. The molecule has 0 amide bonds. The van der Waals surface area contributed by atoms with Crippen LogP contribution in [-0.2, 0) is 0 Å². The first-order chi connectivity index (χ1) is 7.75.